The summed E-state index contributed by atoms with van der Waals surface area (Å²) in [6, 6.07) is 13.9. The number of benzene rings is 2. The van der Waals surface area contributed by atoms with E-state index in [2.05, 4.69) is 15.6 Å². The van der Waals surface area contributed by atoms with E-state index < -0.39 is 6.09 Å². The van der Waals surface area contributed by atoms with Crippen LogP contribution in [0.25, 0.3) is 11.0 Å². The first-order valence-electron chi connectivity index (χ1n) is 11.7. The summed E-state index contributed by atoms with van der Waals surface area (Å²) in [5.41, 5.74) is 3.03. The van der Waals surface area contributed by atoms with Crippen molar-refractivity contribution in [3.8, 4) is 11.5 Å². The van der Waals surface area contributed by atoms with Crippen molar-refractivity contribution in [3.05, 3.63) is 66.1 Å². The minimum atomic E-state index is -0.582. The molecular formula is C26H26FN5O4. The number of fused-ring (bicyclic) bond motifs is 1. The van der Waals surface area contributed by atoms with Gasteiger partial charge in [0.05, 0.1) is 24.2 Å². The summed E-state index contributed by atoms with van der Waals surface area (Å²) in [5, 5.41) is 5.85. The highest BCUT2D eigenvalue weighted by molar-refractivity contribution is 5.83. The number of hydrogen-bond acceptors (Lipinski definition) is 7. The monoisotopic (exact) mass is 491 g/mol. The number of nitrogens with zero attached hydrogens (tertiary/aromatic N) is 3. The molecule has 186 valence electrons. The number of carbonyl (C=O) groups is 1. The van der Waals surface area contributed by atoms with Crippen molar-refractivity contribution < 1.29 is 23.4 Å². The first kappa shape index (κ1) is 23.6. The standard InChI is InChI=1S/C26H26FN5O4/c1-3-35-26(33)31-24-14-19(8-10-28-24)36-18-5-7-23-22(13-18)30-25(32(23)2)29-17-4-6-21(27)20(12-17)16-9-11-34-15-16/h4-8,10,12-14,16H,3,9,11,15H2,1-2H3,(H,29,30)(H,28,31,33). The van der Waals surface area contributed by atoms with Crippen molar-refractivity contribution in [2.75, 3.05) is 30.5 Å². The molecule has 1 unspecified atom stereocenters. The third-order valence-corrected chi connectivity index (χ3v) is 5.95. The average molecular weight is 492 g/mol. The Morgan fingerprint density at radius 2 is 2.06 bits per heavy atom. The maximum Gasteiger partial charge on any atom is 0.412 e. The van der Waals surface area contributed by atoms with Crippen molar-refractivity contribution in [2.45, 2.75) is 19.3 Å². The molecule has 1 amide bonds. The van der Waals surface area contributed by atoms with Gasteiger partial charge in [-0.3, -0.25) is 5.32 Å². The fourth-order valence-corrected chi connectivity index (χ4v) is 4.15. The summed E-state index contributed by atoms with van der Waals surface area (Å²) in [5.74, 6) is 1.85. The van der Waals surface area contributed by atoms with E-state index in [1.165, 1.54) is 12.3 Å². The number of aryl methyl sites for hydroxylation is 1. The first-order chi connectivity index (χ1) is 17.5. The van der Waals surface area contributed by atoms with Crippen molar-refractivity contribution in [1.29, 1.82) is 0 Å². The summed E-state index contributed by atoms with van der Waals surface area (Å²) in [7, 11) is 1.91. The zero-order valence-electron chi connectivity index (χ0n) is 20.0. The summed E-state index contributed by atoms with van der Waals surface area (Å²) in [6.07, 6.45) is 1.77. The van der Waals surface area contributed by atoms with Crippen molar-refractivity contribution in [2.24, 2.45) is 7.05 Å². The van der Waals surface area contributed by atoms with E-state index in [9.17, 15) is 9.18 Å². The molecule has 0 spiro atoms. The molecule has 2 aromatic carbocycles. The Morgan fingerprint density at radius 3 is 2.86 bits per heavy atom. The number of aromatic nitrogens is 3. The number of anilines is 3. The molecule has 3 heterocycles. The zero-order valence-corrected chi connectivity index (χ0v) is 20.0. The Hall–Kier alpha value is -4.18. The number of rotatable bonds is 7. The Balaban J connectivity index is 1.34. The van der Waals surface area contributed by atoms with Gasteiger partial charge in [-0.25, -0.2) is 19.2 Å². The molecule has 1 saturated heterocycles. The lowest BCUT2D eigenvalue weighted by Crippen LogP contribution is -2.14. The molecule has 1 fully saturated rings. The van der Waals surface area contributed by atoms with Crippen LogP contribution in [0.2, 0.25) is 0 Å². The van der Waals surface area contributed by atoms with E-state index in [0.29, 0.717) is 42.0 Å². The molecule has 2 aromatic heterocycles. The van der Waals surface area contributed by atoms with Crippen molar-refractivity contribution in [3.63, 3.8) is 0 Å². The second kappa shape index (κ2) is 10.2. The quantitative estimate of drug-likeness (QED) is 0.341. The van der Waals surface area contributed by atoms with E-state index in [1.54, 1.807) is 25.1 Å². The molecule has 1 aliphatic heterocycles. The van der Waals surface area contributed by atoms with E-state index in [4.69, 9.17) is 19.2 Å². The second-order valence-electron chi connectivity index (χ2n) is 8.39. The molecule has 0 radical (unpaired) electrons. The van der Waals surface area contributed by atoms with Crippen LogP contribution in [0.3, 0.4) is 0 Å². The van der Waals surface area contributed by atoms with E-state index in [1.807, 2.05) is 35.9 Å². The topological polar surface area (TPSA) is 99.5 Å². The number of carbonyl (C=O) groups excluding carboxylic acids is 1. The summed E-state index contributed by atoms with van der Waals surface area (Å²) >= 11 is 0. The predicted octanol–water partition coefficient (Wildman–Crippen LogP) is 5.72. The Kier molecular flexibility index (Phi) is 6.68. The van der Waals surface area contributed by atoms with Gasteiger partial charge in [-0.1, -0.05) is 0 Å². The lowest BCUT2D eigenvalue weighted by Gasteiger charge is -2.12. The minimum Gasteiger partial charge on any atom is -0.457 e. The lowest BCUT2D eigenvalue weighted by atomic mass is 9.97. The number of imidazole rings is 1. The molecule has 2 N–H and O–H groups in total. The van der Waals surface area contributed by atoms with E-state index in [0.717, 1.165) is 23.1 Å². The van der Waals surface area contributed by atoms with Gasteiger partial charge in [-0.2, -0.15) is 0 Å². The molecule has 0 saturated carbocycles. The molecule has 4 aromatic rings. The maximum absolute atomic E-state index is 14.4. The van der Waals surface area contributed by atoms with Gasteiger partial charge in [0.2, 0.25) is 5.95 Å². The minimum absolute atomic E-state index is 0.0631. The fourth-order valence-electron chi connectivity index (χ4n) is 4.15. The lowest BCUT2D eigenvalue weighted by molar-refractivity contribution is 0.168. The van der Waals surface area contributed by atoms with Crippen LogP contribution in [0.4, 0.5) is 26.6 Å². The predicted molar refractivity (Wildman–Crippen MR) is 134 cm³/mol. The highest BCUT2D eigenvalue weighted by Gasteiger charge is 2.21. The first-order valence-corrected chi connectivity index (χ1v) is 11.7. The van der Waals surface area contributed by atoms with Gasteiger partial charge in [0, 0.05) is 43.6 Å². The van der Waals surface area contributed by atoms with E-state index in [-0.39, 0.29) is 18.3 Å². The van der Waals surface area contributed by atoms with Crippen LogP contribution in [0, 0.1) is 5.82 Å². The van der Waals surface area contributed by atoms with Gasteiger partial charge in [0.1, 0.15) is 23.1 Å². The average Bonchev–Trinajstić information content (AvgIpc) is 3.49. The maximum atomic E-state index is 14.4. The number of halogens is 1. The molecule has 0 bridgehead atoms. The normalized spacial score (nSPS) is 15.1. The fraction of sp³-hybridized carbons (Fsp3) is 0.269. The van der Waals surface area contributed by atoms with Gasteiger partial charge in [0.25, 0.3) is 0 Å². The SMILES string of the molecule is CCOC(=O)Nc1cc(Oc2ccc3c(c2)nc(Nc2ccc(F)c(C4CCOC4)c2)n3C)ccn1. The van der Waals surface area contributed by atoms with Gasteiger partial charge in [-0.15, -0.1) is 0 Å². The third-order valence-electron chi connectivity index (χ3n) is 5.95. The third kappa shape index (κ3) is 5.08. The molecule has 1 aliphatic rings. The largest absolute Gasteiger partial charge is 0.457 e. The van der Waals surface area contributed by atoms with Crippen LogP contribution in [0.15, 0.2) is 54.7 Å². The van der Waals surface area contributed by atoms with E-state index >= 15 is 0 Å². The number of ether oxygens (including phenoxy) is 3. The summed E-state index contributed by atoms with van der Waals surface area (Å²) in [6.45, 7) is 3.18. The molecule has 0 aliphatic carbocycles. The van der Waals surface area contributed by atoms with Crippen LogP contribution in [-0.4, -0.2) is 40.4 Å². The Morgan fingerprint density at radius 1 is 1.19 bits per heavy atom. The molecule has 36 heavy (non-hydrogen) atoms. The van der Waals surface area contributed by atoms with Gasteiger partial charge < -0.3 is 24.1 Å². The second-order valence-corrected chi connectivity index (χ2v) is 8.39. The van der Waals surface area contributed by atoms with Crippen LogP contribution in [-0.2, 0) is 16.5 Å². The highest BCUT2D eigenvalue weighted by Crippen LogP contribution is 2.32. The number of pyridine rings is 1. The number of hydrogen-bond donors (Lipinski definition) is 2. The van der Waals surface area contributed by atoms with Crippen LogP contribution < -0.4 is 15.4 Å². The van der Waals surface area contributed by atoms with Crippen LogP contribution >= 0.6 is 0 Å². The molecular weight excluding hydrogens is 465 g/mol. The van der Waals surface area contributed by atoms with Gasteiger partial charge >= 0.3 is 6.09 Å². The van der Waals surface area contributed by atoms with Crippen LogP contribution in [0.1, 0.15) is 24.8 Å². The number of nitrogens with one attached hydrogen (secondary N) is 2. The smallest absolute Gasteiger partial charge is 0.412 e. The summed E-state index contributed by atoms with van der Waals surface area (Å²) in [4.78, 5) is 20.4. The molecule has 10 heteroatoms. The van der Waals surface area contributed by atoms with Crippen molar-refractivity contribution in [1.82, 2.24) is 14.5 Å². The highest BCUT2D eigenvalue weighted by atomic mass is 19.1. The molecule has 5 rings (SSSR count). The molecule has 9 nitrogen and oxygen atoms in total. The van der Waals surface area contributed by atoms with Gasteiger partial charge in [0.15, 0.2) is 0 Å². The Labute approximate surface area is 207 Å². The van der Waals surface area contributed by atoms with Crippen LogP contribution in [0.5, 0.6) is 11.5 Å². The van der Waals surface area contributed by atoms with Gasteiger partial charge in [-0.05, 0) is 55.3 Å². The Bertz CT molecular complexity index is 1400. The van der Waals surface area contributed by atoms with Crippen molar-refractivity contribution >= 4 is 34.6 Å². The molecule has 1 atom stereocenters. The number of amides is 1. The summed E-state index contributed by atoms with van der Waals surface area (Å²) < 4.78 is 32.6. The zero-order chi connectivity index (χ0) is 25.1.